The smallest absolute Gasteiger partial charge is 0.165 e. The fourth-order valence-corrected chi connectivity index (χ4v) is 35.3. The molecule has 0 spiro atoms. The molecule has 11 aliphatic heterocycles. The molecule has 14 nitrogen and oxygen atoms in total. The van der Waals surface area contributed by atoms with Gasteiger partial charge in [-0.05, 0) is 225 Å². The molecule has 11 heterocycles. The normalized spacial score (nSPS) is 21.1. The molecule has 0 amide bonds. The van der Waals surface area contributed by atoms with Crippen molar-refractivity contribution in [3.05, 3.63) is 382 Å². The highest BCUT2D eigenvalue weighted by Gasteiger charge is 2.50. The van der Waals surface area contributed by atoms with Gasteiger partial charge in [0.2, 0.25) is 0 Å². The molecule has 0 radical (unpaired) electrons. The summed E-state index contributed by atoms with van der Waals surface area (Å²) in [7, 11) is 9.26. The number of aryl methyl sites for hydroxylation is 6. The Hall–Kier alpha value is -12.2. The Bertz CT molecular complexity index is 6840. The SMILES string of the molecule is Cc1ccc2c(c1N1C=CN(C)[C@@H]1C)C(C)(C)c1ccccc1C2(C)C.Cc1ccc2c(c1N1C=CN(C)[C@@H]1C)C(C)(C)c1ccccc1[Si]2(C)C.Cc1ccc2c(c1N1C=CN(C)[C@@H]1C)Oc1ccccc1S2.Cc1ccc2c(c1N1C=CN(C)[C@@H]1C)Sc1ccccc1C2(C)C.Cc1ccc2c(c1N1C=CN(C)[C@@H]1C)Sc1ccccc1O2.Cc1ccc2c(c1N1C=CN(C)[C@@H]1C)[Si](C)(C)c1ccccc1C2(C)C. The van der Waals surface area contributed by atoms with E-state index in [0.717, 1.165) is 28.7 Å². The molecule has 0 N–H and O–H groups in total. The van der Waals surface area contributed by atoms with E-state index in [2.05, 4.69) is 548 Å². The summed E-state index contributed by atoms with van der Waals surface area (Å²) in [6, 6.07) is 79.8. The predicted octanol–water partition coefficient (Wildman–Crippen LogP) is 28.6. The minimum Gasteiger partial charge on any atom is -0.455 e. The van der Waals surface area contributed by atoms with E-state index in [4.69, 9.17) is 9.47 Å². The highest BCUT2D eigenvalue weighted by atomic mass is 32.2. The quantitative estimate of drug-likeness (QED) is 0.148. The van der Waals surface area contributed by atoms with Crippen LogP contribution in [-0.2, 0) is 27.1 Å². The van der Waals surface area contributed by atoms with Gasteiger partial charge in [0.25, 0.3) is 0 Å². The van der Waals surface area contributed by atoms with Crippen molar-refractivity contribution >= 4 is 106 Å². The van der Waals surface area contributed by atoms with E-state index in [9.17, 15) is 0 Å². The van der Waals surface area contributed by atoms with Gasteiger partial charge < -0.3 is 68.3 Å². The van der Waals surface area contributed by atoms with Gasteiger partial charge in [-0.25, -0.2) is 0 Å². The second kappa shape index (κ2) is 38.5. The van der Waals surface area contributed by atoms with Crippen LogP contribution < -0.4 is 59.6 Å². The maximum atomic E-state index is 6.27. The van der Waals surface area contributed by atoms with Crippen LogP contribution in [0.4, 0.5) is 34.1 Å². The van der Waals surface area contributed by atoms with Crippen molar-refractivity contribution in [2.24, 2.45) is 0 Å². The average Bonchev–Trinajstić information content (AvgIpc) is 0.757. The molecule has 0 saturated heterocycles. The Morgan fingerprint density at radius 1 is 0.233 bits per heavy atom. The highest BCUT2D eigenvalue weighted by Crippen LogP contribution is 2.59. The van der Waals surface area contributed by atoms with Crippen molar-refractivity contribution in [2.75, 3.05) is 71.7 Å². The van der Waals surface area contributed by atoms with Crippen LogP contribution in [0, 0.1) is 41.5 Å². The molecule has 146 heavy (non-hydrogen) atoms. The Balaban J connectivity index is 0.000000111. The van der Waals surface area contributed by atoms with E-state index in [1.165, 1.54) is 141 Å². The summed E-state index contributed by atoms with van der Waals surface area (Å²) in [6.07, 6.45) is 28.1. The summed E-state index contributed by atoms with van der Waals surface area (Å²) in [5, 5.41) is 6.40. The third-order valence-electron chi connectivity index (χ3n) is 34.1. The molecule has 0 unspecified atom stereocenters. The molecule has 12 aromatic rings. The van der Waals surface area contributed by atoms with Crippen LogP contribution in [0.25, 0.3) is 0 Å². The first-order valence-electron chi connectivity index (χ1n) is 52.2. The fourth-order valence-electron chi connectivity index (χ4n) is 24.3. The molecule has 0 bridgehead atoms. The van der Waals surface area contributed by atoms with E-state index in [1.807, 2.05) is 36.0 Å². The molecule has 12 aromatic carbocycles. The van der Waals surface area contributed by atoms with Crippen molar-refractivity contribution in [3.63, 3.8) is 0 Å². The molecular weight excluding hydrogens is 1880 g/mol. The predicted molar refractivity (Wildman–Crippen MR) is 625 cm³/mol. The lowest BCUT2D eigenvalue weighted by Crippen LogP contribution is -2.63. The summed E-state index contributed by atoms with van der Waals surface area (Å²) >= 11 is 5.49. The Morgan fingerprint density at radius 3 is 1.05 bits per heavy atom. The first-order valence-corrected chi connectivity index (χ1v) is 60.6. The first kappa shape index (κ1) is 102. The van der Waals surface area contributed by atoms with Gasteiger partial charge in [-0.3, -0.25) is 0 Å². The lowest BCUT2D eigenvalue weighted by molar-refractivity contribution is 0.379. The molecule has 12 aliphatic rings. The van der Waals surface area contributed by atoms with Gasteiger partial charge in [0, 0.05) is 171 Å². The van der Waals surface area contributed by atoms with Gasteiger partial charge in [0.05, 0.1) is 36.6 Å². The molecule has 24 rings (SSSR count). The summed E-state index contributed by atoms with van der Waals surface area (Å²) in [5.41, 5.74) is 30.7. The van der Waals surface area contributed by atoms with Crippen molar-refractivity contribution in [3.8, 4) is 23.0 Å². The molecule has 1 aliphatic carbocycles. The standard InChI is InChI=1S/C24H30N2.2C23H30N2Si.C21H24N2S.2C18H18N2OS/c1-16-12-13-20-21(22(16)26-15-14-25(7)17(26)2)24(5,6)19-11-9-8-10-18(19)23(20,3)4;1-16-12-13-19-22(21(16)25-15-14-24(5)17(25)2)26(6,7)20-11-9-8-10-18(20)23(19,3)4;1-16-12-13-20-21(22(16)25-15-14-24(5)17(25)2)23(3,4)18-10-8-9-11-19(18)26(20,6)7;1-14-10-11-17-20(19(14)23-13-12-22(5)15(23)2)24-18-9-7-6-8-16(18)21(17,3)4;1-12-8-9-15-18(17(12)20-11-10-19(3)13(20)2)22-16-7-5-4-6-14(16)21-15;1-12-8-9-16-18(17(12)20-11-10-19(3)13(20)2)21-14-6-4-5-7-15(14)22-16/h3*8-15,17H,1-7H3;6-13,15H,1-5H3;2*4-11,13H,1-3H3/t3*17-;15-;2*13-/m000000/s1. The van der Waals surface area contributed by atoms with Crippen molar-refractivity contribution < 1.29 is 9.47 Å². The number of para-hydroxylation sites is 2. The van der Waals surface area contributed by atoms with Crippen molar-refractivity contribution in [1.82, 2.24) is 29.4 Å². The number of anilines is 6. The zero-order valence-corrected chi connectivity index (χ0v) is 96.5. The molecule has 0 saturated carbocycles. The van der Waals surface area contributed by atoms with E-state index < -0.39 is 16.1 Å². The zero-order valence-electron chi connectivity index (χ0n) is 92.1. The van der Waals surface area contributed by atoms with E-state index in [-0.39, 0.29) is 33.2 Å². The zero-order chi connectivity index (χ0) is 104. The van der Waals surface area contributed by atoms with E-state index in [1.54, 1.807) is 49.8 Å². The van der Waals surface area contributed by atoms with Gasteiger partial charge in [0.15, 0.2) is 5.75 Å². The van der Waals surface area contributed by atoms with Gasteiger partial charge >= 0.3 is 0 Å². The maximum absolute atomic E-state index is 6.27. The molecule has 0 fully saturated rings. The number of hydrogen-bond donors (Lipinski definition) is 0. The topological polar surface area (TPSA) is 57.3 Å². The second-order valence-electron chi connectivity index (χ2n) is 45.6. The van der Waals surface area contributed by atoms with Crippen LogP contribution in [0.5, 0.6) is 23.0 Å². The van der Waals surface area contributed by atoms with Crippen LogP contribution in [0.3, 0.4) is 0 Å². The fraction of sp³-hybridized carbons (Fsp3) is 0.339. The average molecular weight is 2030 g/mol. The van der Waals surface area contributed by atoms with Crippen LogP contribution in [0.15, 0.2) is 322 Å². The van der Waals surface area contributed by atoms with Gasteiger partial charge in [-0.1, -0.05) is 317 Å². The van der Waals surface area contributed by atoms with Crippen LogP contribution in [0.1, 0.15) is 200 Å². The largest absolute Gasteiger partial charge is 0.455 e. The third-order valence-corrected chi connectivity index (χ3v) is 44.6. The molecule has 6 atom stereocenters. The second-order valence-corrected chi connectivity index (χ2v) is 57.4. The van der Waals surface area contributed by atoms with Gasteiger partial charge in [-0.2, -0.15) is 0 Å². The minimum atomic E-state index is -1.81. The molecule has 0 aromatic heterocycles. The number of rotatable bonds is 6. The molecular formula is C127H150N12O2S3Si2. The lowest BCUT2D eigenvalue weighted by atomic mass is 9.59. The van der Waals surface area contributed by atoms with E-state index >= 15 is 0 Å². The molecule has 19 heteroatoms. The van der Waals surface area contributed by atoms with Crippen LogP contribution in [0.2, 0.25) is 26.2 Å². The number of hydrogen-bond acceptors (Lipinski definition) is 17. The van der Waals surface area contributed by atoms with Crippen LogP contribution >= 0.6 is 35.3 Å². The molecule has 756 valence electrons. The summed E-state index contributed by atoms with van der Waals surface area (Å²) < 4.78 is 12.4. The number of ether oxygens (including phenoxy) is 2. The number of benzene rings is 12. The highest BCUT2D eigenvalue weighted by molar-refractivity contribution is 8.00. The van der Waals surface area contributed by atoms with Gasteiger partial charge in [0.1, 0.15) is 70.4 Å². The Morgan fingerprint density at radius 2 is 0.555 bits per heavy atom. The summed E-state index contributed by atoms with van der Waals surface area (Å²) in [5.74, 6) is 3.79. The maximum Gasteiger partial charge on any atom is 0.165 e. The van der Waals surface area contributed by atoms with Crippen molar-refractivity contribution in [1.29, 1.82) is 0 Å². The lowest BCUT2D eigenvalue weighted by Gasteiger charge is -2.46. The van der Waals surface area contributed by atoms with E-state index in [0.29, 0.717) is 30.8 Å². The summed E-state index contributed by atoms with van der Waals surface area (Å²) in [4.78, 5) is 35.4. The summed E-state index contributed by atoms with van der Waals surface area (Å²) in [6.45, 7) is 60.7. The Kier molecular flexibility index (Phi) is 27.0. The number of nitrogens with zero attached hydrogens (tertiary/aromatic N) is 12. The minimum absolute atomic E-state index is 0.00246. The monoisotopic (exact) mass is 2030 g/mol. The van der Waals surface area contributed by atoms with Crippen molar-refractivity contribution in [2.45, 2.75) is 272 Å². The third kappa shape index (κ3) is 17.2. The van der Waals surface area contributed by atoms with Crippen LogP contribution in [-0.4, -0.2) is 125 Å². The Labute approximate surface area is 886 Å². The number of fused-ring (bicyclic) bond motifs is 12. The first-order chi connectivity index (χ1) is 69.2. The van der Waals surface area contributed by atoms with Gasteiger partial charge in [-0.15, -0.1) is 0 Å².